The van der Waals surface area contributed by atoms with Gasteiger partial charge in [-0.15, -0.1) is 0 Å². The molecular weight excluding hydrogens is 494 g/mol. The Kier molecular flexibility index (Phi) is 7.31. The first-order chi connectivity index (χ1) is 19.0. The first-order valence-electron chi connectivity index (χ1n) is 12.1. The maximum Gasteiger partial charge on any atom is 0.337 e. The van der Waals surface area contributed by atoms with E-state index in [9.17, 15) is 14.4 Å². The number of nitrogens with one attached hydrogen (secondary N) is 1. The van der Waals surface area contributed by atoms with Crippen LogP contribution in [0.2, 0.25) is 0 Å². The molecule has 1 N–H and O–H groups in total. The molecule has 0 saturated carbocycles. The summed E-state index contributed by atoms with van der Waals surface area (Å²) in [6, 6.07) is 20.9. The Morgan fingerprint density at radius 2 is 1.82 bits per heavy atom. The topological polar surface area (TPSA) is 116 Å². The lowest BCUT2D eigenvalue weighted by Crippen LogP contribution is -2.25. The van der Waals surface area contributed by atoms with Crippen LogP contribution in [-0.2, 0) is 16.0 Å². The Hall–Kier alpha value is -5.44. The Labute approximate surface area is 223 Å². The highest BCUT2D eigenvalue weighted by Crippen LogP contribution is 2.18. The number of pyridine rings is 2. The quantitative estimate of drug-likeness (QED) is 0.254. The normalized spacial score (nSPS) is 11.0. The Morgan fingerprint density at radius 1 is 1.00 bits per heavy atom. The van der Waals surface area contributed by atoms with Gasteiger partial charge in [0, 0.05) is 36.8 Å². The second-order valence-electron chi connectivity index (χ2n) is 8.57. The van der Waals surface area contributed by atoms with Crippen molar-refractivity contribution in [1.82, 2.24) is 19.5 Å². The number of hydrogen-bond donors (Lipinski definition) is 1. The molecule has 9 heteroatoms. The third kappa shape index (κ3) is 5.78. The van der Waals surface area contributed by atoms with Gasteiger partial charge in [0.15, 0.2) is 5.65 Å². The average molecular weight is 518 g/mol. The maximum atomic E-state index is 13.6. The van der Waals surface area contributed by atoms with Crippen LogP contribution in [0.4, 0.5) is 5.69 Å². The number of carbonyl (C=O) groups is 2. The van der Waals surface area contributed by atoms with Crippen LogP contribution in [0.1, 0.15) is 27.2 Å². The van der Waals surface area contributed by atoms with E-state index in [-0.39, 0.29) is 11.5 Å². The number of benzene rings is 2. The molecule has 0 unspecified atom stereocenters. The summed E-state index contributed by atoms with van der Waals surface area (Å²) >= 11 is 0. The second-order valence-corrected chi connectivity index (χ2v) is 8.57. The smallest absolute Gasteiger partial charge is 0.337 e. The minimum atomic E-state index is -0.427. The number of anilines is 1. The fourth-order valence-corrected chi connectivity index (χ4v) is 4.04. The number of amides is 1. The summed E-state index contributed by atoms with van der Waals surface area (Å²) in [4.78, 5) is 50.9. The largest absolute Gasteiger partial charge is 0.465 e. The van der Waals surface area contributed by atoms with Crippen molar-refractivity contribution in [3.8, 4) is 5.69 Å². The van der Waals surface area contributed by atoms with Crippen LogP contribution in [0.3, 0.4) is 0 Å². The lowest BCUT2D eigenvalue weighted by atomic mass is 10.1. The van der Waals surface area contributed by atoms with Crippen LogP contribution in [0, 0.1) is 0 Å². The summed E-state index contributed by atoms with van der Waals surface area (Å²) in [5.74, 6) is -0.782. The molecule has 2 aromatic carbocycles. The molecule has 0 aliphatic rings. The number of ether oxygens (including phenoxy) is 1. The molecular formula is C30H23N5O4. The number of carbonyl (C=O) groups excluding carboxylic acids is 2. The van der Waals surface area contributed by atoms with E-state index in [1.54, 1.807) is 85.3 Å². The lowest BCUT2D eigenvalue weighted by Gasteiger charge is -2.13. The fraction of sp³-hybridized carbons (Fsp3) is 0.0667. The second kappa shape index (κ2) is 11.3. The van der Waals surface area contributed by atoms with Crippen LogP contribution in [0.15, 0.2) is 102 Å². The summed E-state index contributed by atoms with van der Waals surface area (Å²) in [6.07, 6.45) is 8.33. The van der Waals surface area contributed by atoms with E-state index in [1.807, 2.05) is 12.1 Å². The molecule has 0 aliphatic carbocycles. The van der Waals surface area contributed by atoms with Crippen LogP contribution >= 0.6 is 0 Å². The molecule has 5 aromatic rings. The molecule has 9 nitrogen and oxygen atoms in total. The van der Waals surface area contributed by atoms with Gasteiger partial charge < -0.3 is 10.1 Å². The predicted molar refractivity (Wildman–Crippen MR) is 148 cm³/mol. The van der Waals surface area contributed by atoms with Crippen molar-refractivity contribution in [1.29, 1.82) is 0 Å². The van der Waals surface area contributed by atoms with E-state index in [2.05, 4.69) is 20.3 Å². The van der Waals surface area contributed by atoms with E-state index >= 15 is 0 Å². The van der Waals surface area contributed by atoms with Gasteiger partial charge in [0.2, 0.25) is 5.91 Å². The highest BCUT2D eigenvalue weighted by atomic mass is 16.5. The van der Waals surface area contributed by atoms with Gasteiger partial charge in [-0.1, -0.05) is 24.3 Å². The van der Waals surface area contributed by atoms with Gasteiger partial charge in [-0.25, -0.2) is 14.8 Å². The van der Waals surface area contributed by atoms with E-state index < -0.39 is 5.97 Å². The van der Waals surface area contributed by atoms with Crippen molar-refractivity contribution >= 4 is 34.8 Å². The van der Waals surface area contributed by atoms with Crippen molar-refractivity contribution < 1.29 is 14.3 Å². The molecule has 0 spiro atoms. The minimum Gasteiger partial charge on any atom is -0.465 e. The van der Waals surface area contributed by atoms with Gasteiger partial charge in [-0.2, -0.15) is 0 Å². The molecule has 0 radical (unpaired) electrons. The van der Waals surface area contributed by atoms with Gasteiger partial charge >= 0.3 is 5.97 Å². The third-order valence-electron chi connectivity index (χ3n) is 5.91. The molecule has 0 saturated heterocycles. The molecule has 0 atom stereocenters. The molecule has 0 bridgehead atoms. The number of fused-ring (bicyclic) bond motifs is 1. The fourth-order valence-electron chi connectivity index (χ4n) is 4.04. The first kappa shape index (κ1) is 25.2. The molecule has 1 amide bonds. The van der Waals surface area contributed by atoms with Crippen LogP contribution in [0.5, 0.6) is 0 Å². The molecule has 192 valence electrons. The van der Waals surface area contributed by atoms with Gasteiger partial charge in [0.05, 0.1) is 18.4 Å². The molecule has 3 heterocycles. The third-order valence-corrected chi connectivity index (χ3v) is 5.91. The predicted octanol–water partition coefficient (Wildman–Crippen LogP) is 4.21. The van der Waals surface area contributed by atoms with Crippen molar-refractivity contribution in [2.24, 2.45) is 0 Å². The molecule has 3 aromatic heterocycles. The first-order valence-corrected chi connectivity index (χ1v) is 12.1. The zero-order chi connectivity index (χ0) is 27.2. The number of methoxy groups -OCH3 is 1. The monoisotopic (exact) mass is 517 g/mol. The van der Waals surface area contributed by atoms with Gasteiger partial charge in [0.25, 0.3) is 5.56 Å². The maximum absolute atomic E-state index is 13.6. The zero-order valence-corrected chi connectivity index (χ0v) is 20.9. The summed E-state index contributed by atoms with van der Waals surface area (Å²) < 4.78 is 6.20. The number of esters is 1. The van der Waals surface area contributed by atoms with Crippen molar-refractivity contribution in [3.05, 3.63) is 130 Å². The minimum absolute atomic E-state index is 0.302. The van der Waals surface area contributed by atoms with Crippen LogP contribution in [0.25, 0.3) is 22.9 Å². The zero-order valence-electron chi connectivity index (χ0n) is 20.9. The Morgan fingerprint density at radius 3 is 2.59 bits per heavy atom. The number of rotatable bonds is 7. The van der Waals surface area contributed by atoms with Gasteiger partial charge in [0.1, 0.15) is 11.2 Å². The summed E-state index contributed by atoms with van der Waals surface area (Å²) in [6.45, 7) is 0. The summed E-state index contributed by atoms with van der Waals surface area (Å²) in [5.41, 5.74) is 4.13. The highest BCUT2D eigenvalue weighted by molar-refractivity contribution is 6.02. The van der Waals surface area contributed by atoms with E-state index in [0.29, 0.717) is 40.2 Å². The SMILES string of the molecule is COC(=O)c1ccc(C=CC(=O)Nc2cccc(-n3c(=O)c(Cc4cccnc4)nc4cccnc43)c2)cc1. The average Bonchev–Trinajstić information content (AvgIpc) is 2.97. The standard InChI is InChI=1S/C30H23N5O4/c1-39-30(38)22-12-9-20(10-13-22)11-14-27(36)33-23-6-2-7-24(18-23)35-28-25(8-4-16-32-28)34-26(29(35)37)17-21-5-3-15-31-19-21/h2-16,18-19H,17H2,1H3,(H,33,36). The summed E-state index contributed by atoms with van der Waals surface area (Å²) in [7, 11) is 1.32. The molecule has 39 heavy (non-hydrogen) atoms. The van der Waals surface area contributed by atoms with E-state index in [1.165, 1.54) is 17.8 Å². The van der Waals surface area contributed by atoms with Crippen molar-refractivity contribution in [2.75, 3.05) is 12.4 Å². The molecule has 5 rings (SSSR count). The number of aromatic nitrogens is 4. The number of hydrogen-bond acceptors (Lipinski definition) is 7. The Bertz CT molecular complexity index is 1750. The summed E-state index contributed by atoms with van der Waals surface area (Å²) in [5, 5.41) is 2.82. The number of nitrogens with zero attached hydrogens (tertiary/aromatic N) is 4. The van der Waals surface area contributed by atoms with Crippen LogP contribution < -0.4 is 10.9 Å². The van der Waals surface area contributed by atoms with Crippen molar-refractivity contribution in [2.45, 2.75) is 6.42 Å². The van der Waals surface area contributed by atoms with Gasteiger partial charge in [-0.3, -0.25) is 19.1 Å². The Balaban J connectivity index is 1.41. The van der Waals surface area contributed by atoms with E-state index in [0.717, 1.165) is 11.1 Å². The molecule has 0 aliphatic heterocycles. The van der Waals surface area contributed by atoms with Gasteiger partial charge in [-0.05, 0) is 65.7 Å². The lowest BCUT2D eigenvalue weighted by molar-refractivity contribution is -0.111. The molecule has 0 fully saturated rings. The highest BCUT2D eigenvalue weighted by Gasteiger charge is 2.15. The van der Waals surface area contributed by atoms with Crippen molar-refractivity contribution in [3.63, 3.8) is 0 Å². The van der Waals surface area contributed by atoms with Crippen LogP contribution in [-0.4, -0.2) is 38.5 Å². The van der Waals surface area contributed by atoms with E-state index in [4.69, 9.17) is 4.74 Å².